The number of hydrogen-bond acceptors (Lipinski definition) is 3. The Bertz CT molecular complexity index is 353. The highest BCUT2D eigenvalue weighted by Crippen LogP contribution is 2.42. The first kappa shape index (κ1) is 14.6. The normalized spacial score (nSPS) is 20.6. The zero-order valence-corrected chi connectivity index (χ0v) is 12.6. The van der Waals surface area contributed by atoms with E-state index in [-0.39, 0.29) is 5.54 Å². The number of nitrogens with one attached hydrogen (secondary N) is 1. The molecule has 1 N–H and O–H groups in total. The molecule has 1 aliphatic rings. The number of likely N-dealkylation sites (N-methyl/N-ethyl adjacent to an activating group) is 1. The summed E-state index contributed by atoms with van der Waals surface area (Å²) >= 11 is 0. The van der Waals surface area contributed by atoms with E-state index in [1.54, 1.807) is 6.26 Å². The van der Waals surface area contributed by atoms with Crippen LogP contribution in [0.5, 0.6) is 0 Å². The van der Waals surface area contributed by atoms with Crippen LogP contribution < -0.4 is 5.32 Å². The molecular formula is C16H28N2O. The Morgan fingerprint density at radius 1 is 1.32 bits per heavy atom. The van der Waals surface area contributed by atoms with Gasteiger partial charge >= 0.3 is 0 Å². The smallest absolute Gasteiger partial charge is 0.0951 e. The maximum atomic E-state index is 5.33. The van der Waals surface area contributed by atoms with Crippen LogP contribution in [0.4, 0.5) is 0 Å². The summed E-state index contributed by atoms with van der Waals surface area (Å²) in [5.41, 5.74) is 1.53. The third-order valence-corrected chi connectivity index (χ3v) is 4.62. The molecule has 1 aromatic rings. The molecule has 1 saturated carbocycles. The molecular weight excluding hydrogens is 236 g/mol. The van der Waals surface area contributed by atoms with E-state index in [0.717, 1.165) is 13.0 Å². The van der Waals surface area contributed by atoms with Crippen molar-refractivity contribution in [1.82, 2.24) is 10.2 Å². The summed E-state index contributed by atoms with van der Waals surface area (Å²) in [5.74, 6) is 0. The molecule has 0 aliphatic heterocycles. The van der Waals surface area contributed by atoms with E-state index < -0.39 is 0 Å². The van der Waals surface area contributed by atoms with Crippen molar-refractivity contribution in [2.75, 3.05) is 20.6 Å². The quantitative estimate of drug-likeness (QED) is 0.851. The fraction of sp³-hybridized carbons (Fsp3) is 0.750. The van der Waals surface area contributed by atoms with Crippen molar-refractivity contribution in [1.29, 1.82) is 0 Å². The molecule has 108 valence electrons. The summed E-state index contributed by atoms with van der Waals surface area (Å²) in [6.45, 7) is 3.29. The number of rotatable bonds is 6. The van der Waals surface area contributed by atoms with Crippen molar-refractivity contribution in [2.45, 2.75) is 57.0 Å². The molecule has 2 rings (SSSR count). The van der Waals surface area contributed by atoms with Gasteiger partial charge in [-0.05, 0) is 46.0 Å². The highest BCUT2D eigenvalue weighted by molar-refractivity contribution is 5.19. The van der Waals surface area contributed by atoms with Crippen molar-refractivity contribution in [3.8, 4) is 0 Å². The third kappa shape index (κ3) is 3.03. The molecule has 1 aromatic heterocycles. The summed E-state index contributed by atoms with van der Waals surface area (Å²) in [7, 11) is 4.46. The summed E-state index contributed by atoms with van der Waals surface area (Å²) in [6.07, 6.45) is 11.5. The Morgan fingerprint density at radius 2 is 2.05 bits per heavy atom. The first-order valence-corrected chi connectivity index (χ1v) is 7.63. The van der Waals surface area contributed by atoms with Gasteiger partial charge in [0.05, 0.1) is 18.6 Å². The van der Waals surface area contributed by atoms with Crippen molar-refractivity contribution in [3.05, 3.63) is 24.2 Å². The first-order valence-electron chi connectivity index (χ1n) is 7.63. The van der Waals surface area contributed by atoms with Gasteiger partial charge in [0, 0.05) is 11.1 Å². The SMILES string of the molecule is CCCNC(c1ccoc1)C1(N(C)C)CCCCC1. The number of hydrogen-bond donors (Lipinski definition) is 1. The van der Waals surface area contributed by atoms with E-state index in [0.29, 0.717) is 6.04 Å². The molecule has 1 aliphatic carbocycles. The number of furan rings is 1. The molecule has 0 bridgehead atoms. The molecule has 1 unspecified atom stereocenters. The monoisotopic (exact) mass is 264 g/mol. The fourth-order valence-electron chi connectivity index (χ4n) is 3.50. The van der Waals surface area contributed by atoms with Gasteiger partial charge in [0.15, 0.2) is 0 Å². The summed E-state index contributed by atoms with van der Waals surface area (Å²) in [6, 6.07) is 2.49. The van der Waals surface area contributed by atoms with Gasteiger partial charge in [0.1, 0.15) is 0 Å². The van der Waals surface area contributed by atoms with E-state index in [1.807, 2.05) is 6.26 Å². The number of nitrogens with zero attached hydrogens (tertiary/aromatic N) is 1. The van der Waals surface area contributed by atoms with Crippen molar-refractivity contribution in [3.63, 3.8) is 0 Å². The lowest BCUT2D eigenvalue weighted by Crippen LogP contribution is -2.54. The van der Waals surface area contributed by atoms with Crippen LogP contribution in [0.3, 0.4) is 0 Å². The predicted octanol–water partition coefficient (Wildman–Crippen LogP) is 3.58. The van der Waals surface area contributed by atoms with Crippen LogP contribution in [-0.4, -0.2) is 31.1 Å². The molecule has 0 radical (unpaired) electrons. The van der Waals surface area contributed by atoms with Gasteiger partial charge in [0.2, 0.25) is 0 Å². The van der Waals surface area contributed by atoms with Gasteiger partial charge in [-0.25, -0.2) is 0 Å². The zero-order chi connectivity index (χ0) is 13.7. The van der Waals surface area contributed by atoms with Crippen molar-refractivity contribution in [2.24, 2.45) is 0 Å². The van der Waals surface area contributed by atoms with Gasteiger partial charge in [0.25, 0.3) is 0 Å². The van der Waals surface area contributed by atoms with Gasteiger partial charge < -0.3 is 14.6 Å². The first-order chi connectivity index (χ1) is 9.20. The molecule has 1 atom stereocenters. The third-order valence-electron chi connectivity index (χ3n) is 4.62. The molecule has 1 heterocycles. The largest absolute Gasteiger partial charge is 0.472 e. The lowest BCUT2D eigenvalue weighted by molar-refractivity contribution is 0.0562. The van der Waals surface area contributed by atoms with Gasteiger partial charge in [-0.2, -0.15) is 0 Å². The minimum atomic E-state index is 0.233. The average molecular weight is 264 g/mol. The van der Waals surface area contributed by atoms with Crippen LogP contribution >= 0.6 is 0 Å². The Morgan fingerprint density at radius 3 is 2.58 bits per heavy atom. The minimum absolute atomic E-state index is 0.233. The lowest BCUT2D eigenvalue weighted by atomic mass is 9.73. The maximum Gasteiger partial charge on any atom is 0.0951 e. The maximum absolute atomic E-state index is 5.33. The summed E-state index contributed by atoms with van der Waals surface area (Å²) in [5, 5.41) is 3.76. The van der Waals surface area contributed by atoms with E-state index in [1.165, 1.54) is 37.7 Å². The predicted molar refractivity (Wildman–Crippen MR) is 79.2 cm³/mol. The van der Waals surface area contributed by atoms with Crippen LogP contribution in [0.15, 0.2) is 23.0 Å². The topological polar surface area (TPSA) is 28.4 Å². The summed E-state index contributed by atoms with van der Waals surface area (Å²) in [4.78, 5) is 2.44. The van der Waals surface area contributed by atoms with E-state index in [2.05, 4.69) is 37.3 Å². The van der Waals surface area contributed by atoms with Crippen LogP contribution in [0.25, 0.3) is 0 Å². The molecule has 0 amide bonds. The standard InChI is InChI=1S/C16H28N2O/c1-4-11-17-15(14-8-12-19-13-14)16(18(2)3)9-6-5-7-10-16/h8,12-13,15,17H,4-7,9-11H2,1-3H3. The summed E-state index contributed by atoms with van der Waals surface area (Å²) < 4.78 is 5.33. The van der Waals surface area contributed by atoms with Crippen LogP contribution in [0, 0.1) is 0 Å². The van der Waals surface area contributed by atoms with E-state index in [4.69, 9.17) is 4.42 Å². The lowest BCUT2D eigenvalue weighted by Gasteiger charge is -2.48. The van der Waals surface area contributed by atoms with Crippen LogP contribution in [-0.2, 0) is 0 Å². The van der Waals surface area contributed by atoms with E-state index in [9.17, 15) is 0 Å². The zero-order valence-electron chi connectivity index (χ0n) is 12.6. The molecule has 19 heavy (non-hydrogen) atoms. The van der Waals surface area contributed by atoms with Crippen LogP contribution in [0.2, 0.25) is 0 Å². The molecule has 0 spiro atoms. The van der Waals surface area contributed by atoms with Gasteiger partial charge in [-0.1, -0.05) is 26.2 Å². The minimum Gasteiger partial charge on any atom is -0.472 e. The Labute approximate surface area is 117 Å². The molecule has 3 heteroatoms. The second kappa shape index (κ2) is 6.58. The van der Waals surface area contributed by atoms with Gasteiger partial charge in [-0.15, -0.1) is 0 Å². The molecule has 0 saturated heterocycles. The molecule has 3 nitrogen and oxygen atoms in total. The van der Waals surface area contributed by atoms with Crippen molar-refractivity contribution >= 4 is 0 Å². The average Bonchev–Trinajstić information content (AvgIpc) is 2.94. The Kier molecular flexibility index (Phi) is 5.06. The van der Waals surface area contributed by atoms with Gasteiger partial charge in [-0.3, -0.25) is 0 Å². The van der Waals surface area contributed by atoms with Crippen molar-refractivity contribution < 1.29 is 4.42 Å². The second-order valence-electron chi connectivity index (χ2n) is 6.00. The Balaban J connectivity index is 2.27. The highest BCUT2D eigenvalue weighted by atomic mass is 16.3. The fourth-order valence-corrected chi connectivity index (χ4v) is 3.50. The van der Waals surface area contributed by atoms with E-state index >= 15 is 0 Å². The van der Waals surface area contributed by atoms with Crippen LogP contribution in [0.1, 0.15) is 57.1 Å². The Hall–Kier alpha value is -0.800. The molecule has 0 aromatic carbocycles. The molecule has 1 fully saturated rings. The second-order valence-corrected chi connectivity index (χ2v) is 6.00. The highest BCUT2D eigenvalue weighted by Gasteiger charge is 2.42.